The molecule has 1 heteroatoms. The Hall–Kier alpha value is -1.08. The topological polar surface area (TPSA) is 20.2 Å². The van der Waals surface area contributed by atoms with Crippen LogP contribution >= 0.6 is 0 Å². The Morgan fingerprint density at radius 1 is 1.22 bits per heavy atom. The quantitative estimate of drug-likeness (QED) is 0.689. The van der Waals surface area contributed by atoms with Gasteiger partial charge in [0.15, 0.2) is 0 Å². The van der Waals surface area contributed by atoms with Crippen LogP contribution in [0.5, 0.6) is 0 Å². The van der Waals surface area contributed by atoms with E-state index in [1.165, 1.54) is 6.42 Å². The van der Waals surface area contributed by atoms with Gasteiger partial charge >= 0.3 is 0 Å². The zero-order chi connectivity index (χ0) is 13.5. The van der Waals surface area contributed by atoms with E-state index in [1.807, 2.05) is 37.3 Å². The first-order valence-corrected chi connectivity index (χ1v) is 6.94. The molecule has 18 heavy (non-hydrogen) atoms. The molecule has 0 aliphatic carbocycles. The molecular formula is C17H26O. The molecule has 0 spiro atoms. The molecule has 1 rings (SSSR count). The van der Waals surface area contributed by atoms with Crippen LogP contribution in [0.4, 0.5) is 0 Å². The fourth-order valence-corrected chi connectivity index (χ4v) is 2.22. The number of rotatable bonds is 7. The van der Waals surface area contributed by atoms with Crippen molar-refractivity contribution in [3.05, 3.63) is 48.0 Å². The summed E-state index contributed by atoms with van der Waals surface area (Å²) in [6.45, 7) is 10.6. The van der Waals surface area contributed by atoms with Gasteiger partial charge < -0.3 is 5.11 Å². The highest BCUT2D eigenvalue weighted by molar-refractivity contribution is 5.20. The first kappa shape index (κ1) is 15.0. The lowest BCUT2D eigenvalue weighted by atomic mass is 9.84. The largest absolute Gasteiger partial charge is 0.388 e. The van der Waals surface area contributed by atoms with E-state index in [0.29, 0.717) is 0 Å². The molecule has 0 saturated carbocycles. The average molecular weight is 246 g/mol. The summed E-state index contributed by atoms with van der Waals surface area (Å²) in [5, 5.41) is 10.5. The first-order valence-electron chi connectivity index (χ1n) is 6.94. The maximum absolute atomic E-state index is 10.5. The summed E-state index contributed by atoms with van der Waals surface area (Å²) in [4.78, 5) is 0. The number of hydrogen-bond acceptors (Lipinski definition) is 1. The van der Waals surface area contributed by atoms with Crippen LogP contribution in [0.25, 0.3) is 0 Å². The van der Waals surface area contributed by atoms with Gasteiger partial charge in [-0.1, -0.05) is 69.2 Å². The van der Waals surface area contributed by atoms with E-state index >= 15 is 0 Å². The monoisotopic (exact) mass is 246 g/mol. The molecule has 100 valence electrons. The molecular weight excluding hydrogens is 220 g/mol. The minimum absolute atomic E-state index is 0.168. The summed E-state index contributed by atoms with van der Waals surface area (Å²) in [6, 6.07) is 9.91. The molecule has 0 heterocycles. The van der Waals surface area contributed by atoms with E-state index in [-0.39, 0.29) is 5.92 Å². The maximum atomic E-state index is 10.5. The summed E-state index contributed by atoms with van der Waals surface area (Å²) in [6.07, 6.45) is 2.94. The van der Waals surface area contributed by atoms with Gasteiger partial charge in [0.1, 0.15) is 0 Å². The molecule has 3 atom stereocenters. The van der Waals surface area contributed by atoms with Crippen LogP contribution in [0.3, 0.4) is 0 Å². The Bertz CT molecular complexity index is 355. The van der Waals surface area contributed by atoms with Gasteiger partial charge in [0.05, 0.1) is 6.10 Å². The Balaban J connectivity index is 2.70. The number of benzene rings is 1. The van der Waals surface area contributed by atoms with Crippen molar-refractivity contribution in [2.45, 2.75) is 46.1 Å². The minimum Gasteiger partial charge on any atom is -0.388 e. The van der Waals surface area contributed by atoms with Gasteiger partial charge in [-0.15, -0.1) is 0 Å². The molecule has 0 aromatic heterocycles. The fourth-order valence-electron chi connectivity index (χ4n) is 2.22. The number of aliphatic hydroxyl groups excluding tert-OH is 1. The minimum atomic E-state index is -0.423. The van der Waals surface area contributed by atoms with E-state index in [1.54, 1.807) is 0 Å². The van der Waals surface area contributed by atoms with Crippen molar-refractivity contribution >= 4 is 0 Å². The summed E-state index contributed by atoms with van der Waals surface area (Å²) < 4.78 is 0. The van der Waals surface area contributed by atoms with E-state index in [4.69, 9.17) is 0 Å². The van der Waals surface area contributed by atoms with Crippen molar-refractivity contribution in [3.63, 3.8) is 0 Å². The Morgan fingerprint density at radius 2 is 1.83 bits per heavy atom. The standard InChI is InChI=1S/C17H26O/c1-5-14(4)11-12-16(13(2)3)17(18)15-9-7-6-8-10-15/h6-10,14,16-18H,2,5,11-12H2,1,3-4H3. The highest BCUT2D eigenvalue weighted by Crippen LogP contribution is 2.32. The summed E-state index contributed by atoms with van der Waals surface area (Å²) in [7, 11) is 0. The van der Waals surface area contributed by atoms with Crippen molar-refractivity contribution in [2.75, 3.05) is 0 Å². The maximum Gasteiger partial charge on any atom is 0.0855 e. The van der Waals surface area contributed by atoms with Gasteiger partial charge in [0.25, 0.3) is 0 Å². The molecule has 1 N–H and O–H groups in total. The van der Waals surface area contributed by atoms with E-state index < -0.39 is 6.10 Å². The van der Waals surface area contributed by atoms with E-state index in [0.717, 1.165) is 29.9 Å². The Labute approximate surface area is 112 Å². The van der Waals surface area contributed by atoms with Crippen molar-refractivity contribution in [2.24, 2.45) is 11.8 Å². The molecule has 0 aliphatic rings. The molecule has 0 bridgehead atoms. The summed E-state index contributed by atoms with van der Waals surface area (Å²) in [5.74, 6) is 0.885. The Kier molecular flexibility index (Phi) is 6.14. The second-order valence-corrected chi connectivity index (χ2v) is 5.40. The molecule has 1 nitrogen and oxygen atoms in total. The number of aliphatic hydroxyl groups is 1. The smallest absolute Gasteiger partial charge is 0.0855 e. The molecule has 1 aromatic rings. The second kappa shape index (κ2) is 7.38. The van der Waals surface area contributed by atoms with Gasteiger partial charge in [-0.05, 0) is 24.8 Å². The first-order chi connectivity index (χ1) is 8.56. The molecule has 0 fully saturated rings. The normalized spacial score (nSPS) is 16.0. The second-order valence-electron chi connectivity index (χ2n) is 5.40. The van der Waals surface area contributed by atoms with Crippen molar-refractivity contribution < 1.29 is 5.11 Å². The molecule has 1 aromatic carbocycles. The summed E-state index contributed by atoms with van der Waals surface area (Å²) in [5.41, 5.74) is 2.07. The lowest BCUT2D eigenvalue weighted by Gasteiger charge is -2.25. The van der Waals surface area contributed by atoms with Crippen LogP contribution in [0, 0.1) is 11.8 Å². The van der Waals surface area contributed by atoms with Gasteiger partial charge in [0.2, 0.25) is 0 Å². The third-order valence-electron chi connectivity index (χ3n) is 3.82. The number of hydrogen-bond donors (Lipinski definition) is 1. The van der Waals surface area contributed by atoms with Crippen LogP contribution in [0.15, 0.2) is 42.5 Å². The van der Waals surface area contributed by atoms with Crippen LogP contribution in [-0.2, 0) is 0 Å². The predicted molar refractivity (Wildman–Crippen MR) is 78.4 cm³/mol. The molecule has 0 radical (unpaired) electrons. The van der Waals surface area contributed by atoms with Crippen molar-refractivity contribution in [3.8, 4) is 0 Å². The van der Waals surface area contributed by atoms with Crippen LogP contribution in [0.1, 0.15) is 51.7 Å². The van der Waals surface area contributed by atoms with Gasteiger partial charge in [-0.3, -0.25) is 0 Å². The summed E-state index contributed by atoms with van der Waals surface area (Å²) >= 11 is 0. The fraction of sp³-hybridized carbons (Fsp3) is 0.529. The molecule has 0 amide bonds. The van der Waals surface area contributed by atoms with E-state index in [9.17, 15) is 5.11 Å². The average Bonchev–Trinajstić information content (AvgIpc) is 2.39. The molecule has 3 unspecified atom stereocenters. The van der Waals surface area contributed by atoms with Crippen LogP contribution in [-0.4, -0.2) is 5.11 Å². The molecule has 0 aliphatic heterocycles. The zero-order valence-electron chi connectivity index (χ0n) is 11.9. The van der Waals surface area contributed by atoms with Gasteiger partial charge in [-0.2, -0.15) is 0 Å². The highest BCUT2D eigenvalue weighted by atomic mass is 16.3. The molecule has 0 saturated heterocycles. The predicted octanol–water partition coefficient (Wildman–Crippen LogP) is 4.74. The SMILES string of the molecule is C=C(C)C(CCC(C)CC)C(O)c1ccccc1. The third-order valence-corrected chi connectivity index (χ3v) is 3.82. The highest BCUT2D eigenvalue weighted by Gasteiger charge is 2.21. The van der Waals surface area contributed by atoms with Gasteiger partial charge in [0, 0.05) is 5.92 Å². The Morgan fingerprint density at radius 3 is 2.33 bits per heavy atom. The van der Waals surface area contributed by atoms with Crippen molar-refractivity contribution in [1.82, 2.24) is 0 Å². The zero-order valence-corrected chi connectivity index (χ0v) is 11.9. The van der Waals surface area contributed by atoms with E-state index in [2.05, 4.69) is 20.4 Å². The van der Waals surface area contributed by atoms with Crippen molar-refractivity contribution in [1.29, 1.82) is 0 Å². The third kappa shape index (κ3) is 4.30. The lowest BCUT2D eigenvalue weighted by Crippen LogP contribution is -2.14. The van der Waals surface area contributed by atoms with Crippen LogP contribution < -0.4 is 0 Å². The van der Waals surface area contributed by atoms with Gasteiger partial charge in [-0.25, -0.2) is 0 Å². The van der Waals surface area contributed by atoms with Crippen LogP contribution in [0.2, 0.25) is 0 Å². The lowest BCUT2D eigenvalue weighted by molar-refractivity contribution is 0.117.